The highest BCUT2D eigenvalue weighted by atomic mass is 79.9. The van der Waals surface area contributed by atoms with Gasteiger partial charge in [-0.25, -0.2) is 9.97 Å². The summed E-state index contributed by atoms with van der Waals surface area (Å²) in [7, 11) is 0. The molecule has 1 aliphatic rings. The number of hydrogen-bond donors (Lipinski definition) is 1. The molecule has 126 valence electrons. The number of nitrogens with one attached hydrogen (secondary N) is 1. The lowest BCUT2D eigenvalue weighted by Gasteiger charge is -2.36. The van der Waals surface area contributed by atoms with Crippen LogP contribution in [-0.4, -0.2) is 46.2 Å². The van der Waals surface area contributed by atoms with Crippen LogP contribution in [0.4, 0.5) is 11.6 Å². The zero-order valence-corrected chi connectivity index (χ0v) is 16.5. The van der Waals surface area contributed by atoms with Gasteiger partial charge in [0.05, 0.1) is 14.5 Å². The third-order valence-corrected chi connectivity index (χ3v) is 5.14. The maximum absolute atomic E-state index is 6.03. The molecule has 1 aromatic heterocycles. The Morgan fingerprint density at radius 2 is 1.75 bits per heavy atom. The summed E-state index contributed by atoms with van der Waals surface area (Å²) < 4.78 is 0.872. The predicted molar refractivity (Wildman–Crippen MR) is 106 cm³/mol. The van der Waals surface area contributed by atoms with Crippen LogP contribution in [0.3, 0.4) is 0 Å². The van der Waals surface area contributed by atoms with Gasteiger partial charge in [-0.15, -0.1) is 0 Å². The van der Waals surface area contributed by atoms with Crippen LogP contribution in [0.15, 0.2) is 35.1 Å². The lowest BCUT2D eigenvalue weighted by Crippen LogP contribution is -2.50. The van der Waals surface area contributed by atoms with Crippen molar-refractivity contribution in [1.82, 2.24) is 14.9 Å². The number of thiocarbonyl (C=S) groups is 1. The van der Waals surface area contributed by atoms with E-state index in [9.17, 15) is 0 Å². The molecule has 1 N–H and O–H groups in total. The minimum atomic E-state index is 0.502. The van der Waals surface area contributed by atoms with Crippen LogP contribution in [0.25, 0.3) is 0 Å². The van der Waals surface area contributed by atoms with E-state index in [-0.39, 0.29) is 0 Å². The summed E-state index contributed by atoms with van der Waals surface area (Å²) >= 11 is 20.8. The molecule has 3 rings (SSSR count). The summed E-state index contributed by atoms with van der Waals surface area (Å²) in [5.74, 6) is 0.737. The number of halogens is 3. The topological polar surface area (TPSA) is 44.3 Å². The Morgan fingerprint density at radius 3 is 2.38 bits per heavy atom. The monoisotopic (exact) mass is 445 g/mol. The van der Waals surface area contributed by atoms with Crippen molar-refractivity contribution in [2.45, 2.75) is 0 Å². The summed E-state index contributed by atoms with van der Waals surface area (Å²) in [6.45, 7) is 3.22. The Hall–Kier alpha value is -1.15. The number of aromatic nitrogens is 2. The molecule has 24 heavy (non-hydrogen) atoms. The van der Waals surface area contributed by atoms with E-state index in [1.54, 1.807) is 24.5 Å². The maximum Gasteiger partial charge on any atom is 0.225 e. The predicted octanol–water partition coefficient (Wildman–Crippen LogP) is 4.06. The number of anilines is 2. The van der Waals surface area contributed by atoms with E-state index in [0.717, 1.165) is 42.3 Å². The zero-order valence-electron chi connectivity index (χ0n) is 12.5. The van der Waals surface area contributed by atoms with Crippen LogP contribution in [0.1, 0.15) is 0 Å². The van der Waals surface area contributed by atoms with Gasteiger partial charge in [-0.1, -0.05) is 23.2 Å². The molecule has 0 saturated carbocycles. The highest BCUT2D eigenvalue weighted by molar-refractivity contribution is 9.10. The normalized spacial score (nSPS) is 14.6. The third-order valence-electron chi connectivity index (χ3n) is 3.63. The van der Waals surface area contributed by atoms with Crippen molar-refractivity contribution in [3.63, 3.8) is 0 Å². The largest absolute Gasteiger partial charge is 0.345 e. The van der Waals surface area contributed by atoms with Gasteiger partial charge in [0.25, 0.3) is 0 Å². The molecule has 1 fully saturated rings. The van der Waals surface area contributed by atoms with Gasteiger partial charge >= 0.3 is 0 Å². The Balaban J connectivity index is 1.56. The molecule has 1 aromatic carbocycles. The third kappa shape index (κ3) is 4.27. The van der Waals surface area contributed by atoms with Gasteiger partial charge in [0.15, 0.2) is 5.11 Å². The van der Waals surface area contributed by atoms with Crippen LogP contribution in [0.2, 0.25) is 10.0 Å². The first-order chi connectivity index (χ1) is 11.5. The minimum Gasteiger partial charge on any atom is -0.345 e. The van der Waals surface area contributed by atoms with Gasteiger partial charge in [0.1, 0.15) is 0 Å². The van der Waals surface area contributed by atoms with E-state index in [0.29, 0.717) is 15.2 Å². The highest BCUT2D eigenvalue weighted by Crippen LogP contribution is 2.25. The van der Waals surface area contributed by atoms with Crippen molar-refractivity contribution in [2.24, 2.45) is 0 Å². The molecular formula is C15H14BrCl2N5S. The minimum absolute atomic E-state index is 0.502. The van der Waals surface area contributed by atoms with Crippen molar-refractivity contribution in [3.8, 4) is 0 Å². The molecule has 0 spiro atoms. The van der Waals surface area contributed by atoms with Crippen LogP contribution in [0, 0.1) is 0 Å². The van der Waals surface area contributed by atoms with Crippen molar-refractivity contribution >= 4 is 68.1 Å². The second kappa shape index (κ2) is 7.82. The SMILES string of the molecule is S=C(Nc1ccc(Cl)c(Cl)c1)N1CCN(c2ncc(Br)cn2)CC1. The second-order valence-electron chi connectivity index (χ2n) is 5.23. The van der Waals surface area contributed by atoms with Gasteiger partial charge in [-0.2, -0.15) is 0 Å². The smallest absolute Gasteiger partial charge is 0.225 e. The van der Waals surface area contributed by atoms with Crippen LogP contribution in [0.5, 0.6) is 0 Å². The van der Waals surface area contributed by atoms with E-state index in [1.807, 2.05) is 6.07 Å². The molecule has 1 saturated heterocycles. The Kier molecular flexibility index (Phi) is 5.76. The van der Waals surface area contributed by atoms with Gasteiger partial charge in [-0.05, 0) is 46.3 Å². The van der Waals surface area contributed by atoms with Crippen molar-refractivity contribution in [3.05, 3.63) is 45.1 Å². The number of piperazine rings is 1. The van der Waals surface area contributed by atoms with E-state index in [4.69, 9.17) is 35.4 Å². The molecule has 9 heteroatoms. The summed E-state index contributed by atoms with van der Waals surface area (Å²) in [5, 5.41) is 4.90. The molecule has 0 aliphatic carbocycles. The molecule has 2 aromatic rings. The van der Waals surface area contributed by atoms with Gasteiger partial charge in [0, 0.05) is 44.3 Å². The first-order valence-corrected chi connectivity index (χ1v) is 9.22. The molecule has 2 heterocycles. The summed E-state index contributed by atoms with van der Waals surface area (Å²) in [5.41, 5.74) is 0.827. The molecule has 0 unspecified atom stereocenters. The van der Waals surface area contributed by atoms with Crippen LogP contribution >= 0.6 is 51.3 Å². The fourth-order valence-corrected chi connectivity index (χ4v) is 3.16. The standard InChI is InChI=1S/C15H14BrCl2N5S/c16-10-8-19-14(20-9-10)22-3-5-23(6-4-22)15(24)21-11-1-2-12(17)13(18)7-11/h1-2,7-9H,3-6H2,(H,21,24). The van der Waals surface area contributed by atoms with Crippen LogP contribution in [-0.2, 0) is 0 Å². The molecular weight excluding hydrogens is 433 g/mol. The quantitative estimate of drug-likeness (QED) is 0.701. The summed E-state index contributed by atoms with van der Waals surface area (Å²) in [4.78, 5) is 12.9. The van der Waals surface area contributed by atoms with Gasteiger partial charge in [-0.3, -0.25) is 0 Å². The fourth-order valence-electron chi connectivity index (χ4n) is 2.35. The molecule has 0 radical (unpaired) electrons. The Bertz CT molecular complexity index is 735. The number of hydrogen-bond acceptors (Lipinski definition) is 4. The van der Waals surface area contributed by atoms with Gasteiger partial charge < -0.3 is 15.1 Å². The molecule has 0 bridgehead atoms. The molecule has 0 atom stereocenters. The molecule has 0 amide bonds. The van der Waals surface area contributed by atoms with E-state index in [2.05, 4.69) is 41.0 Å². The number of nitrogens with zero attached hydrogens (tertiary/aromatic N) is 4. The van der Waals surface area contributed by atoms with Gasteiger partial charge in [0.2, 0.25) is 5.95 Å². The second-order valence-corrected chi connectivity index (χ2v) is 7.35. The average Bonchev–Trinajstić information content (AvgIpc) is 2.59. The van der Waals surface area contributed by atoms with Crippen molar-refractivity contribution in [2.75, 3.05) is 36.4 Å². The number of benzene rings is 1. The average molecular weight is 447 g/mol. The fraction of sp³-hybridized carbons (Fsp3) is 0.267. The van der Waals surface area contributed by atoms with E-state index < -0.39 is 0 Å². The Morgan fingerprint density at radius 1 is 1.08 bits per heavy atom. The van der Waals surface area contributed by atoms with Crippen LogP contribution < -0.4 is 10.2 Å². The highest BCUT2D eigenvalue weighted by Gasteiger charge is 2.20. The first-order valence-electron chi connectivity index (χ1n) is 7.26. The molecule has 1 aliphatic heterocycles. The zero-order chi connectivity index (χ0) is 17.1. The number of rotatable bonds is 2. The lowest BCUT2D eigenvalue weighted by atomic mass is 10.3. The first kappa shape index (κ1) is 17.7. The van der Waals surface area contributed by atoms with E-state index in [1.165, 1.54) is 0 Å². The maximum atomic E-state index is 6.03. The lowest BCUT2D eigenvalue weighted by molar-refractivity contribution is 0.388. The van der Waals surface area contributed by atoms with E-state index >= 15 is 0 Å². The molecule has 5 nitrogen and oxygen atoms in total. The summed E-state index contributed by atoms with van der Waals surface area (Å²) in [6.07, 6.45) is 3.51. The van der Waals surface area contributed by atoms with Crippen molar-refractivity contribution in [1.29, 1.82) is 0 Å². The Labute approximate surface area is 164 Å². The van der Waals surface area contributed by atoms with Crippen molar-refractivity contribution < 1.29 is 0 Å². The summed E-state index contributed by atoms with van der Waals surface area (Å²) in [6, 6.07) is 5.37.